The van der Waals surface area contributed by atoms with Gasteiger partial charge in [-0.3, -0.25) is 9.59 Å². The monoisotopic (exact) mass is 416 g/mol. The molecule has 1 atom stereocenters. The second kappa shape index (κ2) is 9.18. The summed E-state index contributed by atoms with van der Waals surface area (Å²) >= 11 is 5.88. The van der Waals surface area contributed by atoms with Crippen LogP contribution >= 0.6 is 11.6 Å². The van der Waals surface area contributed by atoms with E-state index in [9.17, 15) is 9.59 Å². The molecule has 0 bridgehead atoms. The Morgan fingerprint density at radius 3 is 2.38 bits per heavy atom. The van der Waals surface area contributed by atoms with E-state index in [4.69, 9.17) is 21.1 Å². The van der Waals surface area contributed by atoms with Crippen LogP contribution in [0.5, 0.6) is 11.5 Å². The van der Waals surface area contributed by atoms with E-state index >= 15 is 0 Å². The molecule has 1 N–H and O–H groups in total. The lowest BCUT2D eigenvalue weighted by molar-refractivity contribution is -0.133. The van der Waals surface area contributed by atoms with Crippen molar-refractivity contribution in [1.82, 2.24) is 10.2 Å². The zero-order chi connectivity index (χ0) is 21.0. The average Bonchev–Trinajstić information content (AvgIpc) is 2.71. The summed E-state index contributed by atoms with van der Waals surface area (Å²) in [6, 6.07) is 11.6. The van der Waals surface area contributed by atoms with Crippen LogP contribution in [0, 0.1) is 5.92 Å². The highest BCUT2D eigenvalue weighted by molar-refractivity contribution is 6.30. The third-order valence-electron chi connectivity index (χ3n) is 4.73. The van der Waals surface area contributed by atoms with E-state index in [0.29, 0.717) is 41.8 Å². The van der Waals surface area contributed by atoms with Gasteiger partial charge in [0.25, 0.3) is 5.91 Å². The fourth-order valence-corrected chi connectivity index (χ4v) is 3.24. The van der Waals surface area contributed by atoms with Crippen molar-refractivity contribution in [3.8, 4) is 11.5 Å². The minimum absolute atomic E-state index is 0.0681. The van der Waals surface area contributed by atoms with Crippen LogP contribution in [0.15, 0.2) is 42.5 Å². The molecule has 1 aliphatic heterocycles. The van der Waals surface area contributed by atoms with Gasteiger partial charge in [-0.05, 0) is 47.9 Å². The first-order chi connectivity index (χ1) is 13.8. The molecular formula is C22H25ClN2O4. The lowest BCUT2D eigenvalue weighted by Gasteiger charge is -2.27. The van der Waals surface area contributed by atoms with Gasteiger partial charge in [-0.25, -0.2) is 0 Å². The highest BCUT2D eigenvalue weighted by atomic mass is 35.5. The third-order valence-corrected chi connectivity index (χ3v) is 4.98. The Morgan fingerprint density at radius 1 is 1.07 bits per heavy atom. The first-order valence-corrected chi connectivity index (χ1v) is 9.93. The van der Waals surface area contributed by atoms with Gasteiger partial charge in [0, 0.05) is 24.2 Å². The van der Waals surface area contributed by atoms with Crippen molar-refractivity contribution < 1.29 is 19.1 Å². The number of benzene rings is 2. The van der Waals surface area contributed by atoms with E-state index in [1.807, 2.05) is 32.0 Å². The molecule has 6 nitrogen and oxygen atoms in total. The highest BCUT2D eigenvalue weighted by Gasteiger charge is 2.27. The van der Waals surface area contributed by atoms with E-state index in [0.717, 1.165) is 5.56 Å². The molecule has 0 fully saturated rings. The molecule has 2 aromatic rings. The minimum atomic E-state index is -0.639. The highest BCUT2D eigenvalue weighted by Crippen LogP contribution is 2.31. The second-order valence-electron chi connectivity index (χ2n) is 7.37. The number of nitrogens with one attached hydrogen (secondary N) is 1. The number of amides is 2. The SMILES string of the molecule is CC(C)C(NC(=O)c1ccc(Cl)cc1)C(=O)N(C)Cc1ccc2c(c1)OCCO2. The molecule has 0 radical (unpaired) electrons. The molecule has 2 amide bonds. The van der Waals surface area contributed by atoms with Crippen molar-refractivity contribution >= 4 is 23.4 Å². The van der Waals surface area contributed by atoms with Crippen LogP contribution in [0.2, 0.25) is 5.02 Å². The summed E-state index contributed by atoms with van der Waals surface area (Å²) in [4.78, 5) is 27.2. The van der Waals surface area contributed by atoms with Gasteiger partial charge >= 0.3 is 0 Å². The van der Waals surface area contributed by atoms with E-state index < -0.39 is 6.04 Å². The first kappa shape index (κ1) is 21.0. The van der Waals surface area contributed by atoms with E-state index in [1.165, 1.54) is 0 Å². The summed E-state index contributed by atoms with van der Waals surface area (Å²) in [5.41, 5.74) is 1.39. The van der Waals surface area contributed by atoms with Gasteiger partial charge in [0.1, 0.15) is 19.3 Å². The summed E-state index contributed by atoms with van der Waals surface area (Å²) in [6.07, 6.45) is 0. The van der Waals surface area contributed by atoms with Gasteiger partial charge in [-0.1, -0.05) is 31.5 Å². The zero-order valence-corrected chi connectivity index (χ0v) is 17.5. The molecule has 29 heavy (non-hydrogen) atoms. The maximum absolute atomic E-state index is 13.0. The van der Waals surface area contributed by atoms with Crippen LogP contribution in [0.3, 0.4) is 0 Å². The Kier molecular flexibility index (Phi) is 6.64. The fraction of sp³-hybridized carbons (Fsp3) is 0.364. The summed E-state index contributed by atoms with van der Waals surface area (Å²) < 4.78 is 11.1. The topological polar surface area (TPSA) is 67.9 Å². The number of carbonyl (C=O) groups excluding carboxylic acids is 2. The molecule has 0 aromatic heterocycles. The van der Waals surface area contributed by atoms with Gasteiger partial charge < -0.3 is 19.7 Å². The maximum Gasteiger partial charge on any atom is 0.251 e. The van der Waals surface area contributed by atoms with Crippen LogP contribution < -0.4 is 14.8 Å². The van der Waals surface area contributed by atoms with Crippen LogP contribution in [0.4, 0.5) is 0 Å². The summed E-state index contributed by atoms with van der Waals surface area (Å²) in [7, 11) is 1.73. The number of nitrogens with zero attached hydrogens (tertiary/aromatic N) is 1. The minimum Gasteiger partial charge on any atom is -0.486 e. The first-order valence-electron chi connectivity index (χ1n) is 9.55. The molecular weight excluding hydrogens is 392 g/mol. The lowest BCUT2D eigenvalue weighted by Crippen LogP contribution is -2.50. The van der Waals surface area contributed by atoms with Gasteiger partial charge in [0.15, 0.2) is 11.5 Å². The molecule has 1 aliphatic rings. The maximum atomic E-state index is 13.0. The third kappa shape index (κ3) is 5.21. The van der Waals surface area contributed by atoms with Crippen molar-refractivity contribution in [3.63, 3.8) is 0 Å². The molecule has 0 spiro atoms. The number of fused-ring (bicyclic) bond motifs is 1. The Balaban J connectivity index is 1.68. The number of hydrogen-bond acceptors (Lipinski definition) is 4. The summed E-state index contributed by atoms with van der Waals surface area (Å²) in [5.74, 6) is 0.871. The molecule has 0 aliphatic carbocycles. The Bertz CT molecular complexity index is 883. The van der Waals surface area contributed by atoms with Crippen LogP contribution in [0.1, 0.15) is 29.8 Å². The van der Waals surface area contributed by atoms with Gasteiger partial charge in [-0.15, -0.1) is 0 Å². The largest absolute Gasteiger partial charge is 0.486 e. The lowest BCUT2D eigenvalue weighted by atomic mass is 10.0. The molecule has 1 unspecified atom stereocenters. The fourth-order valence-electron chi connectivity index (χ4n) is 3.11. The predicted molar refractivity (Wildman–Crippen MR) is 111 cm³/mol. The molecule has 1 heterocycles. The molecule has 3 rings (SSSR count). The molecule has 0 saturated carbocycles. The number of hydrogen-bond donors (Lipinski definition) is 1. The van der Waals surface area contributed by atoms with E-state index in [-0.39, 0.29) is 17.7 Å². The summed E-state index contributed by atoms with van der Waals surface area (Å²) in [6.45, 7) is 5.26. The number of likely N-dealkylation sites (N-methyl/N-ethyl adjacent to an activating group) is 1. The average molecular weight is 417 g/mol. The van der Waals surface area contributed by atoms with Crippen molar-refractivity contribution in [3.05, 3.63) is 58.6 Å². The van der Waals surface area contributed by atoms with E-state index in [2.05, 4.69) is 5.32 Å². The molecule has 154 valence electrons. The van der Waals surface area contributed by atoms with Crippen molar-refractivity contribution in [2.45, 2.75) is 26.4 Å². The van der Waals surface area contributed by atoms with Gasteiger partial charge in [0.05, 0.1) is 0 Å². The van der Waals surface area contributed by atoms with Gasteiger partial charge in [-0.2, -0.15) is 0 Å². The van der Waals surface area contributed by atoms with Crippen molar-refractivity contribution in [1.29, 1.82) is 0 Å². The molecule has 2 aromatic carbocycles. The quantitative estimate of drug-likeness (QED) is 0.782. The standard InChI is InChI=1S/C22H25ClN2O4/c1-14(2)20(24-21(26)16-5-7-17(23)8-6-16)22(27)25(3)13-15-4-9-18-19(12-15)29-11-10-28-18/h4-9,12,14,20H,10-11,13H2,1-3H3,(H,24,26). The smallest absolute Gasteiger partial charge is 0.251 e. The Hall–Kier alpha value is -2.73. The Labute approximate surface area is 175 Å². The van der Waals surface area contributed by atoms with Crippen LogP contribution in [-0.4, -0.2) is 43.0 Å². The van der Waals surface area contributed by atoms with Crippen molar-refractivity contribution in [2.75, 3.05) is 20.3 Å². The van der Waals surface area contributed by atoms with E-state index in [1.54, 1.807) is 36.2 Å². The predicted octanol–water partition coefficient (Wildman–Crippen LogP) is 3.52. The number of carbonyl (C=O) groups is 2. The normalized spacial score (nSPS) is 13.7. The Morgan fingerprint density at radius 2 is 1.72 bits per heavy atom. The number of rotatable bonds is 6. The van der Waals surface area contributed by atoms with Crippen LogP contribution in [0.25, 0.3) is 0 Å². The number of halogens is 1. The molecule has 0 saturated heterocycles. The zero-order valence-electron chi connectivity index (χ0n) is 16.8. The van der Waals surface area contributed by atoms with Gasteiger partial charge in [0.2, 0.25) is 5.91 Å². The summed E-state index contributed by atoms with van der Waals surface area (Å²) in [5, 5.41) is 3.40. The van der Waals surface area contributed by atoms with Crippen molar-refractivity contribution in [2.24, 2.45) is 5.92 Å². The molecule has 7 heteroatoms. The van der Waals surface area contributed by atoms with Crippen LogP contribution in [-0.2, 0) is 11.3 Å². The second-order valence-corrected chi connectivity index (χ2v) is 7.81. The number of ether oxygens (including phenoxy) is 2.